The highest BCUT2D eigenvalue weighted by molar-refractivity contribution is 7.27. The van der Waals surface area contributed by atoms with Gasteiger partial charge in [-0.1, -0.05) is 152 Å². The van der Waals surface area contributed by atoms with E-state index in [0.717, 1.165) is 22.4 Å². The van der Waals surface area contributed by atoms with E-state index in [9.17, 15) is 0 Å². The fourth-order valence-corrected chi connectivity index (χ4v) is 8.54. The smallest absolute Gasteiger partial charge is 0.164 e. The summed E-state index contributed by atoms with van der Waals surface area (Å²) in [6, 6.07) is 61.7. The molecule has 0 aliphatic rings. The molecule has 4 nitrogen and oxygen atoms in total. The Balaban J connectivity index is 1.11. The molecule has 0 radical (unpaired) electrons. The summed E-state index contributed by atoms with van der Waals surface area (Å²) in [5, 5.41) is 3.75. The molecule has 7 aromatic carbocycles. The Morgan fingerprint density at radius 3 is 1.65 bits per heavy atom. The van der Waals surface area contributed by atoms with Crippen LogP contribution in [0.5, 0.6) is 0 Å². The number of thiophene rings is 1. The number of rotatable bonds is 6. The lowest BCUT2D eigenvalue weighted by Gasteiger charge is -2.11. The van der Waals surface area contributed by atoms with Gasteiger partial charge in [-0.15, -0.1) is 11.3 Å². The Labute approximate surface area is 305 Å². The highest BCUT2D eigenvalue weighted by Crippen LogP contribution is 2.44. The van der Waals surface area contributed by atoms with E-state index in [0.29, 0.717) is 17.5 Å². The molecular formula is C47H30N4S. The summed E-state index contributed by atoms with van der Waals surface area (Å²) in [7, 11) is 0. The molecule has 5 heteroatoms. The molecule has 0 unspecified atom stereocenters. The van der Waals surface area contributed by atoms with Crippen molar-refractivity contribution in [3.05, 3.63) is 182 Å². The van der Waals surface area contributed by atoms with Crippen molar-refractivity contribution in [2.75, 3.05) is 0 Å². The molecule has 52 heavy (non-hydrogen) atoms. The van der Waals surface area contributed by atoms with Crippen LogP contribution in [0.2, 0.25) is 0 Å². The van der Waals surface area contributed by atoms with Crippen LogP contribution >= 0.6 is 11.3 Å². The van der Waals surface area contributed by atoms with Gasteiger partial charge in [0.15, 0.2) is 17.5 Å². The SMILES string of the molecule is c1ccc(-c2cccc(-c3cccc4c3sc3c4ccc4ccn(-c5cccc(-c6nc(-c7ccccc7)nc(-c7ccccc7)n6)c5)c43)c2)cc1. The molecule has 0 amide bonds. The average Bonchev–Trinajstić information content (AvgIpc) is 3.84. The van der Waals surface area contributed by atoms with Gasteiger partial charge in [0.05, 0.1) is 10.2 Å². The van der Waals surface area contributed by atoms with Crippen molar-refractivity contribution in [2.45, 2.75) is 0 Å². The van der Waals surface area contributed by atoms with Crippen molar-refractivity contribution in [1.82, 2.24) is 19.5 Å². The van der Waals surface area contributed by atoms with Gasteiger partial charge in [0.25, 0.3) is 0 Å². The van der Waals surface area contributed by atoms with Crippen molar-refractivity contribution in [3.63, 3.8) is 0 Å². The molecule has 0 saturated heterocycles. The number of aromatic nitrogens is 4. The van der Waals surface area contributed by atoms with Gasteiger partial charge in [0.2, 0.25) is 0 Å². The molecule has 0 N–H and O–H groups in total. The molecule has 0 spiro atoms. The van der Waals surface area contributed by atoms with Crippen molar-refractivity contribution in [1.29, 1.82) is 0 Å². The molecule has 244 valence electrons. The molecule has 10 rings (SSSR count). The molecule has 0 aliphatic carbocycles. The first-order chi connectivity index (χ1) is 25.8. The first kappa shape index (κ1) is 30.2. The van der Waals surface area contributed by atoms with Gasteiger partial charge in [0, 0.05) is 49.4 Å². The zero-order chi connectivity index (χ0) is 34.4. The highest BCUT2D eigenvalue weighted by atomic mass is 32.1. The van der Waals surface area contributed by atoms with E-state index in [2.05, 4.69) is 126 Å². The van der Waals surface area contributed by atoms with Crippen LogP contribution in [0, 0.1) is 0 Å². The fourth-order valence-electron chi connectivity index (χ4n) is 7.15. The first-order valence-electron chi connectivity index (χ1n) is 17.4. The maximum Gasteiger partial charge on any atom is 0.164 e. The van der Waals surface area contributed by atoms with Crippen molar-refractivity contribution in [3.8, 4) is 62.1 Å². The van der Waals surface area contributed by atoms with E-state index in [1.807, 2.05) is 72.0 Å². The monoisotopic (exact) mass is 682 g/mol. The third-order valence-electron chi connectivity index (χ3n) is 9.68. The Bertz CT molecular complexity index is 2840. The molecule has 0 aliphatic heterocycles. The molecule has 0 atom stereocenters. The number of hydrogen-bond acceptors (Lipinski definition) is 4. The minimum Gasteiger partial charge on any atom is -0.315 e. The summed E-state index contributed by atoms with van der Waals surface area (Å²) in [4.78, 5) is 14.9. The third-order valence-corrected chi connectivity index (χ3v) is 10.9. The van der Waals surface area contributed by atoms with Crippen molar-refractivity contribution in [2.24, 2.45) is 0 Å². The topological polar surface area (TPSA) is 43.6 Å². The Morgan fingerprint density at radius 2 is 0.942 bits per heavy atom. The van der Waals surface area contributed by atoms with Crippen LogP contribution in [0.4, 0.5) is 0 Å². The minimum absolute atomic E-state index is 0.639. The molecule has 3 heterocycles. The first-order valence-corrected chi connectivity index (χ1v) is 18.2. The van der Waals surface area contributed by atoms with Gasteiger partial charge in [0.1, 0.15) is 0 Å². The second-order valence-electron chi connectivity index (χ2n) is 12.9. The summed E-state index contributed by atoms with van der Waals surface area (Å²) < 4.78 is 4.88. The molecule has 10 aromatic rings. The van der Waals surface area contributed by atoms with E-state index in [1.165, 1.54) is 53.3 Å². The normalized spacial score (nSPS) is 11.5. The van der Waals surface area contributed by atoms with Crippen molar-refractivity contribution >= 4 is 42.4 Å². The van der Waals surface area contributed by atoms with E-state index in [4.69, 9.17) is 15.0 Å². The summed E-state index contributed by atoms with van der Waals surface area (Å²) in [6.45, 7) is 0. The maximum absolute atomic E-state index is 5.00. The van der Waals surface area contributed by atoms with Crippen LogP contribution in [-0.4, -0.2) is 19.5 Å². The summed E-state index contributed by atoms with van der Waals surface area (Å²) >= 11 is 1.87. The molecule has 0 fully saturated rings. The van der Waals surface area contributed by atoms with Crippen LogP contribution < -0.4 is 0 Å². The molecule has 3 aromatic heterocycles. The maximum atomic E-state index is 5.00. The summed E-state index contributed by atoms with van der Waals surface area (Å²) in [5.41, 5.74) is 10.0. The Hall–Kier alpha value is -6.69. The van der Waals surface area contributed by atoms with Gasteiger partial charge < -0.3 is 4.57 Å². The Kier molecular flexibility index (Phi) is 7.29. The predicted molar refractivity (Wildman–Crippen MR) is 217 cm³/mol. The van der Waals surface area contributed by atoms with Gasteiger partial charge in [-0.3, -0.25) is 0 Å². The number of fused-ring (bicyclic) bond motifs is 5. The van der Waals surface area contributed by atoms with E-state index < -0.39 is 0 Å². The van der Waals surface area contributed by atoms with Gasteiger partial charge >= 0.3 is 0 Å². The van der Waals surface area contributed by atoms with Crippen LogP contribution in [0.3, 0.4) is 0 Å². The standard InChI is InChI=1S/C47H30N4S/c1-4-13-31(14-5-1)35-19-10-20-36(29-35)39-23-12-24-40-41-26-25-32-27-28-51(42(32)44(41)52-43(39)40)38-22-11-21-37(30-38)47-49-45(33-15-6-2-7-16-33)48-46(50-47)34-17-8-3-9-18-34/h1-30H. The largest absolute Gasteiger partial charge is 0.315 e. The Morgan fingerprint density at radius 1 is 0.385 bits per heavy atom. The molecule has 0 bridgehead atoms. The summed E-state index contributed by atoms with van der Waals surface area (Å²) in [5.74, 6) is 1.94. The van der Waals surface area contributed by atoms with Crippen LogP contribution in [0.25, 0.3) is 93.2 Å². The molecule has 0 saturated carbocycles. The predicted octanol–water partition coefficient (Wildman–Crippen LogP) is 12.5. The average molecular weight is 683 g/mol. The van der Waals surface area contributed by atoms with Crippen LogP contribution in [-0.2, 0) is 0 Å². The van der Waals surface area contributed by atoms with Gasteiger partial charge in [-0.2, -0.15) is 0 Å². The third kappa shape index (κ3) is 5.27. The van der Waals surface area contributed by atoms with E-state index in [1.54, 1.807) is 0 Å². The van der Waals surface area contributed by atoms with Crippen molar-refractivity contribution < 1.29 is 0 Å². The minimum atomic E-state index is 0.639. The number of hydrogen-bond donors (Lipinski definition) is 0. The van der Waals surface area contributed by atoms with E-state index in [-0.39, 0.29) is 0 Å². The van der Waals surface area contributed by atoms with Crippen LogP contribution in [0.1, 0.15) is 0 Å². The van der Waals surface area contributed by atoms with Gasteiger partial charge in [-0.05, 0) is 46.5 Å². The second-order valence-corrected chi connectivity index (χ2v) is 13.9. The van der Waals surface area contributed by atoms with E-state index >= 15 is 0 Å². The summed E-state index contributed by atoms with van der Waals surface area (Å²) in [6.07, 6.45) is 2.18. The van der Waals surface area contributed by atoms with Crippen LogP contribution in [0.15, 0.2) is 182 Å². The zero-order valence-electron chi connectivity index (χ0n) is 28.0. The fraction of sp³-hybridized carbons (Fsp3) is 0. The molecular weight excluding hydrogens is 653 g/mol. The lowest BCUT2D eigenvalue weighted by atomic mass is 9.98. The number of nitrogens with zero attached hydrogens (tertiary/aromatic N) is 4. The second kappa shape index (κ2) is 12.6. The lowest BCUT2D eigenvalue weighted by Crippen LogP contribution is -2.00. The lowest BCUT2D eigenvalue weighted by molar-refractivity contribution is 1.07. The van der Waals surface area contributed by atoms with Gasteiger partial charge in [-0.25, -0.2) is 15.0 Å². The highest BCUT2D eigenvalue weighted by Gasteiger charge is 2.17. The zero-order valence-corrected chi connectivity index (χ0v) is 28.8. The number of benzene rings is 7. The quantitative estimate of drug-likeness (QED) is 0.175.